The first kappa shape index (κ1) is 17.4. The van der Waals surface area contributed by atoms with Gasteiger partial charge in [0.25, 0.3) is 0 Å². The van der Waals surface area contributed by atoms with E-state index in [0.717, 1.165) is 15.8 Å². The highest BCUT2D eigenvalue weighted by molar-refractivity contribution is 9.10. The Morgan fingerprint density at radius 3 is 2.28 bits per heavy atom. The number of rotatable bonds is 4. The Balaban J connectivity index is 1.85. The van der Waals surface area contributed by atoms with Crippen molar-refractivity contribution >= 4 is 39.1 Å². The molecule has 0 aliphatic heterocycles. The average Bonchev–Trinajstić information content (AvgIpc) is 2.57. The van der Waals surface area contributed by atoms with Gasteiger partial charge in [0.2, 0.25) is 5.95 Å². The highest BCUT2D eigenvalue weighted by Crippen LogP contribution is 2.31. The van der Waals surface area contributed by atoms with Gasteiger partial charge in [-0.05, 0) is 45.1 Å². The van der Waals surface area contributed by atoms with Crippen LogP contribution in [0, 0.1) is 0 Å². The van der Waals surface area contributed by atoms with Crippen molar-refractivity contribution in [3.63, 3.8) is 0 Å². The largest absolute Gasteiger partial charge is 0.338 e. The highest BCUT2D eigenvalue weighted by Gasteiger charge is 2.18. The van der Waals surface area contributed by atoms with Crippen LogP contribution in [0.5, 0.6) is 0 Å². The predicted octanol–water partition coefficient (Wildman–Crippen LogP) is 5.42. The molecule has 0 saturated heterocycles. The van der Waals surface area contributed by atoms with Crippen molar-refractivity contribution in [3.8, 4) is 0 Å². The third kappa shape index (κ3) is 4.33. The first-order chi connectivity index (χ1) is 11.9. The van der Waals surface area contributed by atoms with Crippen LogP contribution >= 0.6 is 15.9 Å². The Morgan fingerprint density at radius 1 is 0.880 bits per heavy atom. The van der Waals surface area contributed by atoms with Gasteiger partial charge in [-0.2, -0.15) is 10.1 Å². The molecule has 128 valence electrons. The Bertz CT molecular complexity index is 873. The smallest absolute Gasteiger partial charge is 0.249 e. The number of halogens is 1. The van der Waals surface area contributed by atoms with Crippen LogP contribution in [0.2, 0.25) is 0 Å². The van der Waals surface area contributed by atoms with E-state index in [4.69, 9.17) is 0 Å². The second-order valence-corrected chi connectivity index (χ2v) is 7.54. The summed E-state index contributed by atoms with van der Waals surface area (Å²) in [6.45, 7) is 6.53. The van der Waals surface area contributed by atoms with Crippen LogP contribution in [0.1, 0.15) is 26.3 Å². The Labute approximate surface area is 156 Å². The number of para-hydroxylation sites is 2. The number of anilines is 4. The molecule has 6 heteroatoms. The summed E-state index contributed by atoms with van der Waals surface area (Å²) in [5.74, 6) is 1.08. The summed E-state index contributed by atoms with van der Waals surface area (Å²) in [6, 6.07) is 16.0. The fourth-order valence-corrected chi connectivity index (χ4v) is 2.87. The maximum Gasteiger partial charge on any atom is 0.249 e. The molecule has 0 fully saturated rings. The van der Waals surface area contributed by atoms with Crippen LogP contribution in [0.25, 0.3) is 0 Å². The van der Waals surface area contributed by atoms with Crippen molar-refractivity contribution in [1.29, 1.82) is 0 Å². The van der Waals surface area contributed by atoms with Gasteiger partial charge in [-0.3, -0.25) is 0 Å². The first-order valence-electron chi connectivity index (χ1n) is 8.01. The van der Waals surface area contributed by atoms with Crippen molar-refractivity contribution < 1.29 is 0 Å². The second-order valence-electron chi connectivity index (χ2n) is 6.69. The number of nitrogens with one attached hydrogen (secondary N) is 2. The Morgan fingerprint density at radius 2 is 1.56 bits per heavy atom. The third-order valence-electron chi connectivity index (χ3n) is 3.68. The van der Waals surface area contributed by atoms with Crippen LogP contribution in [-0.4, -0.2) is 15.2 Å². The molecule has 0 spiro atoms. The van der Waals surface area contributed by atoms with Crippen molar-refractivity contribution in [2.75, 3.05) is 10.6 Å². The molecule has 0 bridgehead atoms. The van der Waals surface area contributed by atoms with E-state index in [2.05, 4.69) is 68.6 Å². The number of aromatic nitrogens is 3. The van der Waals surface area contributed by atoms with Crippen LogP contribution in [0.3, 0.4) is 0 Å². The summed E-state index contributed by atoms with van der Waals surface area (Å²) in [4.78, 5) is 4.51. The first-order valence-corrected chi connectivity index (χ1v) is 8.80. The number of hydrogen-bond donors (Lipinski definition) is 2. The van der Waals surface area contributed by atoms with Crippen molar-refractivity contribution in [1.82, 2.24) is 15.2 Å². The molecule has 5 nitrogen and oxygen atoms in total. The normalized spacial score (nSPS) is 11.2. The molecule has 1 heterocycles. The van der Waals surface area contributed by atoms with Crippen LogP contribution in [-0.2, 0) is 5.41 Å². The molecule has 0 unspecified atom stereocenters. The molecule has 2 N–H and O–H groups in total. The number of hydrogen-bond acceptors (Lipinski definition) is 5. The van der Waals surface area contributed by atoms with Crippen LogP contribution in [0.4, 0.5) is 23.1 Å². The predicted molar refractivity (Wildman–Crippen MR) is 106 cm³/mol. The average molecular weight is 398 g/mol. The molecule has 2 aromatic carbocycles. The van der Waals surface area contributed by atoms with Gasteiger partial charge in [0.05, 0.1) is 11.9 Å². The summed E-state index contributed by atoms with van der Waals surface area (Å²) in [6.07, 6.45) is 1.60. The SMILES string of the molecule is CC(C)(C)c1ccccc1Nc1nncc(Nc2ccccc2Br)n1. The maximum atomic E-state index is 4.51. The molecular weight excluding hydrogens is 378 g/mol. The molecule has 25 heavy (non-hydrogen) atoms. The summed E-state index contributed by atoms with van der Waals surface area (Å²) in [5, 5.41) is 14.7. The maximum absolute atomic E-state index is 4.51. The minimum absolute atomic E-state index is 0.0157. The number of benzene rings is 2. The molecule has 0 amide bonds. The minimum Gasteiger partial charge on any atom is -0.338 e. The van der Waals surface area contributed by atoms with Gasteiger partial charge < -0.3 is 10.6 Å². The van der Waals surface area contributed by atoms with E-state index < -0.39 is 0 Å². The molecule has 0 aliphatic rings. The second kappa shape index (κ2) is 7.19. The van der Waals surface area contributed by atoms with E-state index in [0.29, 0.717) is 11.8 Å². The molecule has 3 aromatic rings. The molecule has 0 saturated carbocycles. The van der Waals surface area contributed by atoms with Crippen LogP contribution in [0.15, 0.2) is 59.2 Å². The molecule has 0 atom stereocenters. The third-order valence-corrected chi connectivity index (χ3v) is 4.37. The lowest BCUT2D eigenvalue weighted by molar-refractivity contribution is 0.592. The van der Waals surface area contributed by atoms with Gasteiger partial charge in [-0.1, -0.05) is 51.1 Å². The van der Waals surface area contributed by atoms with Gasteiger partial charge in [-0.25, -0.2) is 0 Å². The fraction of sp³-hybridized carbons (Fsp3) is 0.211. The van der Waals surface area contributed by atoms with Gasteiger partial charge in [0, 0.05) is 10.2 Å². The zero-order chi connectivity index (χ0) is 17.9. The molecule has 0 radical (unpaired) electrons. The van der Waals surface area contributed by atoms with E-state index >= 15 is 0 Å². The molecule has 1 aromatic heterocycles. The molecular formula is C19H20BrN5. The van der Waals surface area contributed by atoms with E-state index in [1.807, 2.05) is 42.5 Å². The standard InChI is InChI=1S/C19H20BrN5/c1-19(2,3)13-8-4-6-10-15(13)23-18-24-17(12-21-25-18)22-16-11-7-5-9-14(16)20/h4-12H,1-3H3,(H2,22,23,24,25). The van der Waals surface area contributed by atoms with E-state index in [1.54, 1.807) is 6.20 Å². The minimum atomic E-state index is 0.0157. The molecule has 3 rings (SSSR count). The molecule has 0 aliphatic carbocycles. The highest BCUT2D eigenvalue weighted by atomic mass is 79.9. The van der Waals surface area contributed by atoms with Crippen molar-refractivity contribution in [2.24, 2.45) is 0 Å². The monoisotopic (exact) mass is 397 g/mol. The summed E-state index contributed by atoms with van der Waals surface area (Å²) in [5.41, 5.74) is 3.11. The lowest BCUT2D eigenvalue weighted by atomic mass is 9.86. The van der Waals surface area contributed by atoms with Gasteiger partial charge in [0.1, 0.15) is 0 Å². The van der Waals surface area contributed by atoms with Gasteiger partial charge >= 0.3 is 0 Å². The topological polar surface area (TPSA) is 62.7 Å². The van der Waals surface area contributed by atoms with Gasteiger partial charge in [-0.15, -0.1) is 5.10 Å². The van der Waals surface area contributed by atoms with Crippen molar-refractivity contribution in [3.05, 3.63) is 64.8 Å². The van der Waals surface area contributed by atoms with E-state index in [9.17, 15) is 0 Å². The lowest BCUT2D eigenvalue weighted by Gasteiger charge is -2.22. The van der Waals surface area contributed by atoms with E-state index in [1.165, 1.54) is 5.56 Å². The van der Waals surface area contributed by atoms with Crippen LogP contribution < -0.4 is 10.6 Å². The zero-order valence-corrected chi connectivity index (χ0v) is 16.0. The number of nitrogens with zero attached hydrogens (tertiary/aromatic N) is 3. The Hall–Kier alpha value is -2.47. The quantitative estimate of drug-likeness (QED) is 0.615. The zero-order valence-electron chi connectivity index (χ0n) is 14.4. The van der Waals surface area contributed by atoms with Crippen molar-refractivity contribution in [2.45, 2.75) is 26.2 Å². The summed E-state index contributed by atoms with van der Waals surface area (Å²) >= 11 is 3.52. The van der Waals surface area contributed by atoms with Gasteiger partial charge in [0.15, 0.2) is 5.82 Å². The summed E-state index contributed by atoms with van der Waals surface area (Å²) < 4.78 is 0.959. The Kier molecular flexibility index (Phi) is 4.99. The fourth-order valence-electron chi connectivity index (χ4n) is 2.48. The lowest BCUT2D eigenvalue weighted by Crippen LogP contribution is -2.14. The van der Waals surface area contributed by atoms with E-state index in [-0.39, 0.29) is 5.41 Å². The summed E-state index contributed by atoms with van der Waals surface area (Å²) in [7, 11) is 0.